The van der Waals surface area contributed by atoms with E-state index in [2.05, 4.69) is 6.58 Å². The number of benzene rings is 1. The SMILES string of the molecule is C=CC(C)(C)c1cc2cc(COC(C)=O)c(OC)cc2oc1=O. The van der Waals surface area contributed by atoms with Crippen LogP contribution < -0.4 is 10.4 Å². The van der Waals surface area contributed by atoms with Gasteiger partial charge in [0.2, 0.25) is 0 Å². The van der Waals surface area contributed by atoms with E-state index in [9.17, 15) is 9.59 Å². The van der Waals surface area contributed by atoms with E-state index in [0.29, 0.717) is 22.5 Å². The Balaban J connectivity index is 2.63. The predicted molar refractivity (Wildman–Crippen MR) is 87.7 cm³/mol. The van der Waals surface area contributed by atoms with Gasteiger partial charge < -0.3 is 13.9 Å². The Hall–Kier alpha value is -2.56. The van der Waals surface area contributed by atoms with Crippen molar-refractivity contribution in [3.8, 4) is 5.75 Å². The molecule has 0 spiro atoms. The first kappa shape index (κ1) is 16.8. The highest BCUT2D eigenvalue weighted by molar-refractivity contribution is 5.80. The molecule has 2 rings (SSSR count). The molecule has 1 heterocycles. The first-order chi connectivity index (χ1) is 10.8. The third-order valence-corrected chi connectivity index (χ3v) is 3.77. The van der Waals surface area contributed by atoms with Crippen molar-refractivity contribution < 1.29 is 18.7 Å². The van der Waals surface area contributed by atoms with Crippen LogP contribution >= 0.6 is 0 Å². The molecular weight excluding hydrogens is 296 g/mol. The fraction of sp³-hybridized carbons (Fsp3) is 0.333. The van der Waals surface area contributed by atoms with Gasteiger partial charge in [0.25, 0.3) is 0 Å². The summed E-state index contributed by atoms with van der Waals surface area (Å²) in [6.45, 7) is 8.98. The summed E-state index contributed by atoms with van der Waals surface area (Å²) < 4.78 is 15.7. The van der Waals surface area contributed by atoms with Crippen molar-refractivity contribution in [2.24, 2.45) is 0 Å². The van der Waals surface area contributed by atoms with Gasteiger partial charge in [-0.3, -0.25) is 4.79 Å². The zero-order valence-corrected chi connectivity index (χ0v) is 13.8. The van der Waals surface area contributed by atoms with E-state index in [1.54, 1.807) is 24.3 Å². The molecule has 0 atom stereocenters. The third kappa shape index (κ3) is 3.44. The van der Waals surface area contributed by atoms with Gasteiger partial charge in [0.1, 0.15) is 17.9 Å². The fourth-order valence-electron chi connectivity index (χ4n) is 2.24. The summed E-state index contributed by atoms with van der Waals surface area (Å²) in [5, 5.41) is 0.734. The van der Waals surface area contributed by atoms with E-state index in [1.807, 2.05) is 13.8 Å². The molecule has 1 aromatic carbocycles. The molecule has 0 unspecified atom stereocenters. The minimum Gasteiger partial charge on any atom is -0.496 e. The second-order valence-corrected chi connectivity index (χ2v) is 5.86. The second kappa shape index (κ2) is 6.28. The molecule has 0 aliphatic carbocycles. The number of esters is 1. The van der Waals surface area contributed by atoms with E-state index >= 15 is 0 Å². The van der Waals surface area contributed by atoms with E-state index in [4.69, 9.17) is 13.9 Å². The van der Waals surface area contributed by atoms with Gasteiger partial charge in [-0.1, -0.05) is 19.9 Å². The van der Waals surface area contributed by atoms with Crippen molar-refractivity contribution in [1.29, 1.82) is 0 Å². The molecule has 122 valence electrons. The maximum absolute atomic E-state index is 12.2. The second-order valence-electron chi connectivity index (χ2n) is 5.86. The summed E-state index contributed by atoms with van der Waals surface area (Å²) in [6, 6.07) is 5.20. The maximum Gasteiger partial charge on any atom is 0.340 e. The van der Waals surface area contributed by atoms with Crippen molar-refractivity contribution in [2.45, 2.75) is 32.8 Å². The van der Waals surface area contributed by atoms with Crippen molar-refractivity contribution in [3.63, 3.8) is 0 Å². The van der Waals surface area contributed by atoms with Gasteiger partial charge >= 0.3 is 11.6 Å². The molecule has 0 N–H and O–H groups in total. The standard InChI is InChI=1S/C18H20O5/c1-6-18(3,4)14-8-12-7-13(10-22-11(2)19)15(21-5)9-16(12)23-17(14)20/h6-9H,1,10H2,2-5H3. The van der Waals surface area contributed by atoms with Crippen LogP contribution in [-0.2, 0) is 21.6 Å². The average molecular weight is 316 g/mol. The Labute approximate surface area is 134 Å². The number of methoxy groups -OCH3 is 1. The molecule has 0 radical (unpaired) electrons. The van der Waals surface area contributed by atoms with Gasteiger partial charge in [-0.2, -0.15) is 0 Å². The average Bonchev–Trinajstić information content (AvgIpc) is 2.51. The van der Waals surface area contributed by atoms with Gasteiger partial charge in [0.05, 0.1) is 7.11 Å². The normalized spacial score (nSPS) is 11.3. The fourth-order valence-corrected chi connectivity index (χ4v) is 2.24. The monoisotopic (exact) mass is 316 g/mol. The number of hydrogen-bond donors (Lipinski definition) is 0. The van der Waals surface area contributed by atoms with Crippen molar-refractivity contribution in [1.82, 2.24) is 0 Å². The van der Waals surface area contributed by atoms with Crippen molar-refractivity contribution in [3.05, 3.63) is 52.4 Å². The van der Waals surface area contributed by atoms with Crippen LogP contribution in [0.25, 0.3) is 11.0 Å². The zero-order valence-electron chi connectivity index (χ0n) is 13.8. The highest BCUT2D eigenvalue weighted by atomic mass is 16.5. The van der Waals surface area contributed by atoms with Crippen LogP contribution in [0.2, 0.25) is 0 Å². The van der Waals surface area contributed by atoms with Crippen LogP contribution in [-0.4, -0.2) is 13.1 Å². The molecule has 5 nitrogen and oxygen atoms in total. The number of allylic oxidation sites excluding steroid dienone is 1. The lowest BCUT2D eigenvalue weighted by atomic mass is 9.85. The maximum atomic E-state index is 12.2. The third-order valence-electron chi connectivity index (χ3n) is 3.77. The Morgan fingerprint density at radius 3 is 2.61 bits per heavy atom. The Morgan fingerprint density at radius 2 is 2.04 bits per heavy atom. The highest BCUT2D eigenvalue weighted by Gasteiger charge is 2.22. The summed E-state index contributed by atoms with van der Waals surface area (Å²) in [7, 11) is 1.51. The van der Waals surface area contributed by atoms with Gasteiger partial charge in [-0.15, -0.1) is 6.58 Å². The minimum atomic E-state index is -0.509. The molecular formula is C18H20O5. The molecule has 23 heavy (non-hydrogen) atoms. The molecule has 0 saturated heterocycles. The summed E-state index contributed by atoms with van der Waals surface area (Å²) in [5.41, 5.74) is 0.722. The lowest BCUT2D eigenvalue weighted by Gasteiger charge is -2.19. The predicted octanol–water partition coefficient (Wildman–Crippen LogP) is 3.33. The van der Waals surface area contributed by atoms with Crippen molar-refractivity contribution >= 4 is 16.9 Å². The topological polar surface area (TPSA) is 65.7 Å². The molecule has 0 bridgehead atoms. The lowest BCUT2D eigenvalue weighted by Crippen LogP contribution is -2.22. The van der Waals surface area contributed by atoms with Crippen LogP contribution in [0.4, 0.5) is 0 Å². The Morgan fingerprint density at radius 1 is 1.35 bits per heavy atom. The minimum absolute atomic E-state index is 0.0910. The molecule has 0 aliphatic rings. The van der Waals surface area contributed by atoms with Gasteiger partial charge in [0, 0.05) is 34.9 Å². The molecule has 0 saturated carbocycles. The number of fused-ring (bicyclic) bond motifs is 1. The quantitative estimate of drug-likeness (QED) is 0.481. The van der Waals surface area contributed by atoms with Crippen molar-refractivity contribution in [2.75, 3.05) is 7.11 Å². The molecule has 5 heteroatoms. The molecule has 0 fully saturated rings. The van der Waals surface area contributed by atoms with Gasteiger partial charge in [-0.05, 0) is 12.1 Å². The first-order valence-electron chi connectivity index (χ1n) is 7.20. The van der Waals surface area contributed by atoms with Crippen LogP contribution in [0.5, 0.6) is 5.75 Å². The van der Waals surface area contributed by atoms with E-state index in [-0.39, 0.29) is 12.6 Å². The smallest absolute Gasteiger partial charge is 0.340 e. The number of hydrogen-bond acceptors (Lipinski definition) is 5. The number of carbonyl (C=O) groups is 1. The molecule has 0 amide bonds. The lowest BCUT2D eigenvalue weighted by molar-refractivity contribution is -0.142. The molecule has 2 aromatic rings. The number of carbonyl (C=O) groups excluding carboxylic acids is 1. The summed E-state index contributed by atoms with van der Waals surface area (Å²) in [4.78, 5) is 23.2. The Bertz CT molecular complexity index is 814. The zero-order chi connectivity index (χ0) is 17.2. The van der Waals surface area contributed by atoms with Gasteiger partial charge in [-0.25, -0.2) is 4.79 Å². The van der Waals surface area contributed by atoms with Crippen LogP contribution in [0.3, 0.4) is 0 Å². The summed E-state index contributed by atoms with van der Waals surface area (Å²) in [5.74, 6) is 0.123. The largest absolute Gasteiger partial charge is 0.496 e. The van der Waals surface area contributed by atoms with E-state index in [0.717, 1.165) is 5.39 Å². The Kier molecular flexibility index (Phi) is 4.59. The molecule has 0 aliphatic heterocycles. The van der Waals surface area contributed by atoms with Crippen LogP contribution in [0.15, 0.2) is 40.1 Å². The van der Waals surface area contributed by atoms with E-state index in [1.165, 1.54) is 14.0 Å². The summed E-state index contributed by atoms with van der Waals surface area (Å²) in [6.07, 6.45) is 1.70. The van der Waals surface area contributed by atoms with Crippen LogP contribution in [0, 0.1) is 0 Å². The summed E-state index contributed by atoms with van der Waals surface area (Å²) >= 11 is 0. The first-order valence-corrected chi connectivity index (χ1v) is 7.20. The highest BCUT2D eigenvalue weighted by Crippen LogP contribution is 2.29. The van der Waals surface area contributed by atoms with Crippen LogP contribution in [0.1, 0.15) is 31.9 Å². The van der Waals surface area contributed by atoms with E-state index < -0.39 is 11.0 Å². The van der Waals surface area contributed by atoms with Gasteiger partial charge in [0.15, 0.2) is 0 Å². The number of ether oxygens (including phenoxy) is 2. The number of rotatable bonds is 5. The molecule has 1 aromatic heterocycles.